The number of carbonyl (C=O) groups excluding carboxylic acids is 1. The van der Waals surface area contributed by atoms with E-state index in [0.29, 0.717) is 36.9 Å². The van der Waals surface area contributed by atoms with E-state index in [9.17, 15) is 4.79 Å². The van der Waals surface area contributed by atoms with Crippen molar-refractivity contribution in [3.63, 3.8) is 0 Å². The Morgan fingerprint density at radius 1 is 1.11 bits per heavy atom. The summed E-state index contributed by atoms with van der Waals surface area (Å²) in [4.78, 5) is 21.1. The molecule has 7 nitrogen and oxygen atoms in total. The maximum atomic E-state index is 12.2. The van der Waals surface area contributed by atoms with E-state index in [4.69, 9.17) is 14.5 Å². The van der Waals surface area contributed by atoms with Crippen molar-refractivity contribution < 1.29 is 14.3 Å². The Morgan fingerprint density at radius 2 is 1.97 bits per heavy atom. The van der Waals surface area contributed by atoms with Gasteiger partial charge >= 0.3 is 0 Å². The van der Waals surface area contributed by atoms with Crippen molar-refractivity contribution in [3.05, 3.63) is 96.6 Å². The molecule has 2 aromatic carbocycles. The lowest BCUT2D eigenvalue weighted by Crippen LogP contribution is -2.25. The lowest BCUT2D eigenvalue weighted by atomic mass is 10.1. The van der Waals surface area contributed by atoms with Gasteiger partial charge in [0.1, 0.15) is 18.1 Å². The number of hydrogen-bond donors (Lipinski definition) is 1. The van der Waals surface area contributed by atoms with Crippen LogP contribution in [0.2, 0.25) is 0 Å². The minimum Gasteiger partial charge on any atom is -0.493 e. The topological polar surface area (TPSA) is 78.3 Å². The van der Waals surface area contributed by atoms with Gasteiger partial charge in [-0.15, -0.1) is 6.58 Å². The first kappa shape index (κ1) is 24.0. The molecule has 1 N–H and O–H groups in total. The zero-order valence-corrected chi connectivity index (χ0v) is 19.9. The highest BCUT2D eigenvalue weighted by Crippen LogP contribution is 2.28. The molecule has 0 atom stereocenters. The number of carbonyl (C=O) groups is 1. The van der Waals surface area contributed by atoms with E-state index < -0.39 is 0 Å². The summed E-state index contributed by atoms with van der Waals surface area (Å²) in [6.45, 7) is 5.45. The molecule has 0 fully saturated rings. The second-order valence-electron chi connectivity index (χ2n) is 8.07. The number of hydrogen-bond acceptors (Lipinski definition) is 5. The number of aromatic nitrogens is 3. The molecule has 2 aromatic heterocycles. The number of methoxy groups -OCH3 is 1. The van der Waals surface area contributed by atoms with E-state index in [2.05, 4.69) is 27.5 Å². The van der Waals surface area contributed by atoms with Crippen LogP contribution in [0.5, 0.6) is 11.5 Å². The highest BCUT2D eigenvalue weighted by Gasteiger charge is 2.12. The van der Waals surface area contributed by atoms with Gasteiger partial charge in [0.15, 0.2) is 11.5 Å². The Morgan fingerprint density at radius 3 is 2.77 bits per heavy atom. The third-order valence-electron chi connectivity index (χ3n) is 5.67. The van der Waals surface area contributed by atoms with Gasteiger partial charge in [-0.25, -0.2) is 4.98 Å². The second-order valence-corrected chi connectivity index (χ2v) is 8.07. The standard InChI is InChI=1S/C28H30N4O3/c1-3-9-21-14-15-25(26(20-21)34-2)35-19-18-32-24-12-5-4-10-22(24)31-27(32)13-8-17-30-28(33)23-11-6-7-16-29-23/h3-7,10-12,14-16,20H,1,8-9,13,17-19H2,2H3,(H,30,33). The van der Waals surface area contributed by atoms with E-state index in [1.54, 1.807) is 31.5 Å². The van der Waals surface area contributed by atoms with E-state index in [1.807, 2.05) is 42.5 Å². The Labute approximate surface area is 205 Å². The van der Waals surface area contributed by atoms with Crippen molar-refractivity contribution in [2.24, 2.45) is 0 Å². The number of para-hydroxylation sites is 2. The molecule has 0 spiro atoms. The fraction of sp³-hybridized carbons (Fsp3) is 0.250. The molecule has 0 radical (unpaired) electrons. The first-order chi connectivity index (χ1) is 17.2. The highest BCUT2D eigenvalue weighted by atomic mass is 16.5. The molecule has 0 saturated heterocycles. The number of ether oxygens (including phenoxy) is 2. The van der Waals surface area contributed by atoms with Crippen LogP contribution in [-0.4, -0.2) is 40.7 Å². The number of fused-ring (bicyclic) bond motifs is 1. The number of nitrogens with one attached hydrogen (secondary N) is 1. The number of rotatable bonds is 12. The van der Waals surface area contributed by atoms with Crippen LogP contribution in [0.25, 0.3) is 11.0 Å². The Balaban J connectivity index is 1.39. The van der Waals surface area contributed by atoms with Crippen LogP contribution in [0.15, 0.2) is 79.5 Å². The lowest BCUT2D eigenvalue weighted by Gasteiger charge is -2.14. The van der Waals surface area contributed by atoms with Crippen molar-refractivity contribution >= 4 is 16.9 Å². The quantitative estimate of drug-likeness (QED) is 0.242. The third-order valence-corrected chi connectivity index (χ3v) is 5.67. The molecule has 1 amide bonds. The van der Waals surface area contributed by atoms with E-state index >= 15 is 0 Å². The molecule has 0 unspecified atom stereocenters. The average Bonchev–Trinajstić information content (AvgIpc) is 3.25. The van der Waals surface area contributed by atoms with Crippen LogP contribution in [0.1, 0.15) is 28.3 Å². The summed E-state index contributed by atoms with van der Waals surface area (Å²) in [5.74, 6) is 2.22. The lowest BCUT2D eigenvalue weighted by molar-refractivity contribution is 0.0948. The summed E-state index contributed by atoms with van der Waals surface area (Å²) in [5, 5.41) is 2.93. The summed E-state index contributed by atoms with van der Waals surface area (Å²) < 4.78 is 13.8. The normalized spacial score (nSPS) is 10.8. The van der Waals surface area contributed by atoms with Crippen LogP contribution < -0.4 is 14.8 Å². The van der Waals surface area contributed by atoms with Crippen LogP contribution in [0.3, 0.4) is 0 Å². The predicted octanol–water partition coefficient (Wildman–Crippen LogP) is 4.61. The Bertz CT molecular complexity index is 1280. The number of imidazole rings is 1. The molecule has 0 aliphatic carbocycles. The summed E-state index contributed by atoms with van der Waals surface area (Å²) in [6.07, 6.45) is 5.76. The number of nitrogens with zero attached hydrogens (tertiary/aromatic N) is 3. The molecular weight excluding hydrogens is 440 g/mol. The van der Waals surface area contributed by atoms with E-state index in [1.165, 1.54) is 0 Å². The third kappa shape index (κ3) is 6.06. The molecule has 0 aliphatic rings. The van der Waals surface area contributed by atoms with Gasteiger partial charge in [-0.3, -0.25) is 9.78 Å². The van der Waals surface area contributed by atoms with Crippen LogP contribution in [0, 0.1) is 0 Å². The largest absolute Gasteiger partial charge is 0.493 e. The smallest absolute Gasteiger partial charge is 0.269 e. The van der Waals surface area contributed by atoms with Gasteiger partial charge in [-0.2, -0.15) is 0 Å². The van der Waals surface area contributed by atoms with Gasteiger partial charge < -0.3 is 19.4 Å². The maximum Gasteiger partial charge on any atom is 0.269 e. The second kappa shape index (κ2) is 11.8. The van der Waals surface area contributed by atoms with Gasteiger partial charge in [0, 0.05) is 19.2 Å². The summed E-state index contributed by atoms with van der Waals surface area (Å²) in [5.41, 5.74) is 3.57. The van der Waals surface area contributed by atoms with Gasteiger partial charge in [0.05, 0.1) is 24.7 Å². The fourth-order valence-corrected chi connectivity index (χ4v) is 3.97. The van der Waals surface area contributed by atoms with Crippen molar-refractivity contribution in [1.82, 2.24) is 19.9 Å². The van der Waals surface area contributed by atoms with Crippen molar-refractivity contribution in [2.75, 3.05) is 20.3 Å². The van der Waals surface area contributed by atoms with Crippen molar-refractivity contribution in [2.45, 2.75) is 25.8 Å². The molecule has 7 heteroatoms. The van der Waals surface area contributed by atoms with Crippen molar-refractivity contribution in [1.29, 1.82) is 0 Å². The van der Waals surface area contributed by atoms with Crippen LogP contribution in [0.4, 0.5) is 0 Å². The minimum absolute atomic E-state index is 0.166. The van der Waals surface area contributed by atoms with Gasteiger partial charge in [0.2, 0.25) is 0 Å². The van der Waals surface area contributed by atoms with Crippen LogP contribution >= 0.6 is 0 Å². The Kier molecular flexibility index (Phi) is 8.12. The predicted molar refractivity (Wildman–Crippen MR) is 137 cm³/mol. The van der Waals surface area contributed by atoms with Gasteiger partial charge in [-0.05, 0) is 54.8 Å². The molecule has 0 saturated carbocycles. The zero-order valence-electron chi connectivity index (χ0n) is 19.9. The fourth-order valence-electron chi connectivity index (χ4n) is 3.97. The van der Waals surface area contributed by atoms with Crippen molar-refractivity contribution in [3.8, 4) is 11.5 Å². The van der Waals surface area contributed by atoms with Gasteiger partial charge in [-0.1, -0.05) is 30.3 Å². The monoisotopic (exact) mass is 470 g/mol. The summed E-state index contributed by atoms with van der Waals surface area (Å²) in [6, 6.07) is 19.3. The molecule has 180 valence electrons. The number of allylic oxidation sites excluding steroid dienone is 1. The summed E-state index contributed by atoms with van der Waals surface area (Å²) >= 11 is 0. The molecule has 4 rings (SSSR count). The molecule has 0 bridgehead atoms. The first-order valence-electron chi connectivity index (χ1n) is 11.7. The number of pyridine rings is 1. The summed E-state index contributed by atoms with van der Waals surface area (Å²) in [7, 11) is 1.65. The average molecular weight is 471 g/mol. The number of aryl methyl sites for hydroxylation is 1. The van der Waals surface area contributed by atoms with Gasteiger partial charge in [0.25, 0.3) is 5.91 Å². The molecule has 2 heterocycles. The minimum atomic E-state index is -0.166. The number of amides is 1. The molecule has 4 aromatic rings. The SMILES string of the molecule is C=CCc1ccc(OCCn2c(CCCNC(=O)c3ccccn3)nc3ccccc32)c(OC)c1. The molecular formula is C28H30N4O3. The maximum absolute atomic E-state index is 12.2. The first-order valence-corrected chi connectivity index (χ1v) is 11.7. The van der Waals surface area contributed by atoms with E-state index in [-0.39, 0.29) is 5.91 Å². The molecule has 0 aliphatic heterocycles. The Hall–Kier alpha value is -4.13. The van der Waals surface area contributed by atoms with E-state index in [0.717, 1.165) is 41.7 Å². The number of benzene rings is 2. The van der Waals surface area contributed by atoms with Crippen LogP contribution in [-0.2, 0) is 19.4 Å². The highest BCUT2D eigenvalue weighted by molar-refractivity contribution is 5.92. The molecule has 35 heavy (non-hydrogen) atoms. The zero-order chi connectivity index (χ0) is 24.5.